The van der Waals surface area contributed by atoms with Gasteiger partial charge in [-0.1, -0.05) is 0 Å². The van der Waals surface area contributed by atoms with E-state index in [9.17, 15) is 0 Å². The second-order valence-electron chi connectivity index (χ2n) is 4.50. The van der Waals surface area contributed by atoms with Gasteiger partial charge in [-0.05, 0) is 40.9 Å². The smallest absolute Gasteiger partial charge is 0.112 e. The third kappa shape index (κ3) is 2.08. The lowest BCUT2D eigenvalue weighted by molar-refractivity contribution is 0.743. The number of aromatic nitrogens is 2. The van der Waals surface area contributed by atoms with Crippen LogP contribution in [0, 0.1) is 0 Å². The Morgan fingerprint density at radius 2 is 2.33 bits per heavy atom. The summed E-state index contributed by atoms with van der Waals surface area (Å²) in [6.45, 7) is 1.05. The highest BCUT2D eigenvalue weighted by molar-refractivity contribution is 9.10. The van der Waals surface area contributed by atoms with Crippen molar-refractivity contribution in [3.63, 3.8) is 0 Å². The fraction of sp³-hybridized carbons (Fsp3) is 0.385. The van der Waals surface area contributed by atoms with E-state index >= 15 is 0 Å². The molecule has 0 aliphatic carbocycles. The van der Waals surface area contributed by atoms with E-state index in [4.69, 9.17) is 11.6 Å². The molecule has 1 fully saturated rings. The molecular formula is C13H13BrClN3. The van der Waals surface area contributed by atoms with Gasteiger partial charge in [-0.3, -0.25) is 9.97 Å². The van der Waals surface area contributed by atoms with E-state index in [1.54, 1.807) is 0 Å². The number of nitrogens with zero attached hydrogens (tertiary/aromatic N) is 3. The van der Waals surface area contributed by atoms with Crippen molar-refractivity contribution in [3.8, 4) is 0 Å². The predicted molar refractivity (Wildman–Crippen MR) is 78.3 cm³/mol. The van der Waals surface area contributed by atoms with E-state index in [-0.39, 0.29) is 0 Å². The number of hydrogen-bond donors (Lipinski definition) is 0. The number of halogens is 2. The number of anilines is 1. The minimum atomic E-state index is 0.419. The molecule has 1 atom stereocenters. The Labute approximate surface area is 119 Å². The first-order valence-corrected chi connectivity index (χ1v) is 7.35. The monoisotopic (exact) mass is 325 g/mol. The van der Waals surface area contributed by atoms with Gasteiger partial charge in [0.1, 0.15) is 5.52 Å². The molecule has 5 heteroatoms. The molecule has 1 aliphatic heterocycles. The zero-order valence-electron chi connectivity index (χ0n) is 9.81. The summed E-state index contributed by atoms with van der Waals surface area (Å²) >= 11 is 9.47. The van der Waals surface area contributed by atoms with E-state index in [0.717, 1.165) is 34.2 Å². The molecule has 0 bridgehead atoms. The lowest BCUT2D eigenvalue weighted by atomic mass is 10.2. The van der Waals surface area contributed by atoms with Gasteiger partial charge < -0.3 is 4.90 Å². The van der Waals surface area contributed by atoms with Crippen LogP contribution in [0.5, 0.6) is 0 Å². The summed E-state index contributed by atoms with van der Waals surface area (Å²) in [5.41, 5.74) is 3.02. The molecule has 18 heavy (non-hydrogen) atoms. The van der Waals surface area contributed by atoms with Gasteiger partial charge in [0.2, 0.25) is 0 Å². The number of fused-ring (bicyclic) bond motifs is 1. The highest BCUT2D eigenvalue weighted by Crippen LogP contribution is 2.31. The fourth-order valence-electron chi connectivity index (χ4n) is 2.54. The summed E-state index contributed by atoms with van der Waals surface area (Å²) in [5, 5.41) is 0. The Morgan fingerprint density at radius 3 is 3.17 bits per heavy atom. The second kappa shape index (κ2) is 5.02. The van der Waals surface area contributed by atoms with Crippen LogP contribution in [0.1, 0.15) is 12.8 Å². The number of pyridine rings is 2. The van der Waals surface area contributed by atoms with Crippen molar-refractivity contribution in [2.45, 2.75) is 18.9 Å². The highest BCUT2D eigenvalue weighted by atomic mass is 79.9. The molecule has 0 aromatic carbocycles. The largest absolute Gasteiger partial charge is 0.365 e. The second-order valence-corrected chi connectivity index (χ2v) is 5.72. The fourth-order valence-corrected chi connectivity index (χ4v) is 3.18. The molecule has 1 saturated heterocycles. The summed E-state index contributed by atoms with van der Waals surface area (Å²) in [6, 6.07) is 4.45. The van der Waals surface area contributed by atoms with Gasteiger partial charge in [0.05, 0.1) is 11.2 Å². The molecule has 0 radical (unpaired) electrons. The van der Waals surface area contributed by atoms with Gasteiger partial charge in [0, 0.05) is 35.3 Å². The van der Waals surface area contributed by atoms with Gasteiger partial charge in [0.15, 0.2) is 0 Å². The molecule has 3 nitrogen and oxygen atoms in total. The van der Waals surface area contributed by atoms with E-state index in [1.165, 1.54) is 6.42 Å². The number of rotatable bonds is 2. The van der Waals surface area contributed by atoms with Crippen LogP contribution in [0.3, 0.4) is 0 Å². The van der Waals surface area contributed by atoms with Crippen LogP contribution in [0.4, 0.5) is 5.69 Å². The zero-order valence-corrected chi connectivity index (χ0v) is 12.2. The SMILES string of the molecule is ClCC1CCCN1c1ccnc2cc(Br)cnc12. The Balaban J connectivity index is 2.11. The summed E-state index contributed by atoms with van der Waals surface area (Å²) in [6.07, 6.45) is 6.01. The van der Waals surface area contributed by atoms with Gasteiger partial charge in [-0.25, -0.2) is 0 Å². The van der Waals surface area contributed by atoms with E-state index in [2.05, 4.69) is 30.8 Å². The minimum absolute atomic E-state index is 0.419. The molecule has 1 unspecified atom stereocenters. The number of alkyl halides is 1. The van der Waals surface area contributed by atoms with Gasteiger partial charge in [-0.15, -0.1) is 11.6 Å². The van der Waals surface area contributed by atoms with Crippen LogP contribution in [-0.2, 0) is 0 Å². The predicted octanol–water partition coefficient (Wildman–Crippen LogP) is 3.60. The molecule has 0 N–H and O–H groups in total. The highest BCUT2D eigenvalue weighted by Gasteiger charge is 2.25. The summed E-state index contributed by atoms with van der Waals surface area (Å²) < 4.78 is 0.954. The van der Waals surface area contributed by atoms with Gasteiger partial charge >= 0.3 is 0 Å². The minimum Gasteiger partial charge on any atom is -0.365 e. The van der Waals surface area contributed by atoms with Crippen LogP contribution in [0.15, 0.2) is 29.0 Å². The Kier molecular flexibility index (Phi) is 3.39. The van der Waals surface area contributed by atoms with E-state index < -0.39 is 0 Å². The lowest BCUT2D eigenvalue weighted by Gasteiger charge is -2.25. The number of hydrogen-bond acceptors (Lipinski definition) is 3. The lowest BCUT2D eigenvalue weighted by Crippen LogP contribution is -2.30. The first-order chi connectivity index (χ1) is 8.79. The molecule has 2 aromatic rings. The Morgan fingerprint density at radius 1 is 1.44 bits per heavy atom. The van der Waals surface area contributed by atoms with E-state index in [0.29, 0.717) is 11.9 Å². The third-order valence-electron chi connectivity index (χ3n) is 3.39. The van der Waals surface area contributed by atoms with Crippen molar-refractivity contribution in [1.82, 2.24) is 9.97 Å². The first-order valence-electron chi connectivity index (χ1n) is 6.02. The molecule has 94 valence electrons. The third-order valence-corrected chi connectivity index (χ3v) is 4.18. The van der Waals surface area contributed by atoms with Crippen LogP contribution in [0.2, 0.25) is 0 Å². The molecule has 3 rings (SSSR count). The zero-order chi connectivity index (χ0) is 12.5. The maximum absolute atomic E-state index is 6.04. The molecule has 0 saturated carbocycles. The van der Waals surface area contributed by atoms with E-state index in [1.807, 2.05) is 24.5 Å². The topological polar surface area (TPSA) is 29.0 Å². The van der Waals surface area contributed by atoms with Crippen LogP contribution >= 0.6 is 27.5 Å². The standard InChI is InChI=1S/C13H13BrClN3/c14-9-6-11-13(17-8-9)12(3-4-16-11)18-5-1-2-10(18)7-15/h3-4,6,8,10H,1-2,5,7H2. The van der Waals surface area contributed by atoms with Gasteiger partial charge in [-0.2, -0.15) is 0 Å². The van der Waals surface area contributed by atoms with Crippen molar-refractivity contribution in [2.75, 3.05) is 17.3 Å². The molecule has 0 spiro atoms. The van der Waals surface area contributed by atoms with Crippen molar-refractivity contribution >= 4 is 44.3 Å². The molecule has 2 aromatic heterocycles. The molecule has 3 heterocycles. The van der Waals surface area contributed by atoms with Crippen molar-refractivity contribution < 1.29 is 0 Å². The van der Waals surface area contributed by atoms with Crippen LogP contribution < -0.4 is 4.90 Å². The average Bonchev–Trinajstić information content (AvgIpc) is 2.85. The van der Waals surface area contributed by atoms with Crippen LogP contribution in [-0.4, -0.2) is 28.4 Å². The first kappa shape index (κ1) is 12.2. The Hall–Kier alpha value is -0.870. The maximum Gasteiger partial charge on any atom is 0.112 e. The van der Waals surface area contributed by atoms with Crippen LogP contribution in [0.25, 0.3) is 11.0 Å². The molecule has 1 aliphatic rings. The summed E-state index contributed by atoms with van der Waals surface area (Å²) in [7, 11) is 0. The van der Waals surface area contributed by atoms with Crippen molar-refractivity contribution in [3.05, 3.63) is 29.0 Å². The van der Waals surface area contributed by atoms with Gasteiger partial charge in [0.25, 0.3) is 0 Å². The summed E-state index contributed by atoms with van der Waals surface area (Å²) in [5.74, 6) is 0.667. The molecule has 0 amide bonds. The summed E-state index contributed by atoms with van der Waals surface area (Å²) in [4.78, 5) is 11.2. The maximum atomic E-state index is 6.04. The Bertz CT molecular complexity index is 575. The quantitative estimate of drug-likeness (QED) is 0.790. The molecular weight excluding hydrogens is 314 g/mol. The van der Waals surface area contributed by atoms with Crippen molar-refractivity contribution in [1.29, 1.82) is 0 Å². The average molecular weight is 327 g/mol. The van der Waals surface area contributed by atoms with Crippen molar-refractivity contribution in [2.24, 2.45) is 0 Å². The normalized spacial score (nSPS) is 19.7.